The number of benzene rings is 1. The molecule has 0 aromatic heterocycles. The molecule has 3 rings (SSSR count). The van der Waals surface area contributed by atoms with Gasteiger partial charge in [-0.1, -0.05) is 0 Å². The second kappa shape index (κ2) is 5.14. The van der Waals surface area contributed by atoms with E-state index in [1.807, 2.05) is 12.1 Å². The van der Waals surface area contributed by atoms with Crippen LogP contribution in [-0.2, 0) is 0 Å². The van der Waals surface area contributed by atoms with Crippen LogP contribution in [0.4, 0.5) is 15.8 Å². The van der Waals surface area contributed by atoms with Crippen molar-refractivity contribution in [2.45, 2.75) is 25.3 Å². The molecular weight excluding hydrogens is 229 g/mol. The van der Waals surface area contributed by atoms with Crippen molar-refractivity contribution in [3.63, 3.8) is 0 Å². The monoisotopic (exact) mass is 249 g/mol. The summed E-state index contributed by atoms with van der Waals surface area (Å²) in [4.78, 5) is 2.14. The highest BCUT2D eigenvalue weighted by atomic mass is 19.1. The standard InChI is InChI=1S/C14H20FN3/c15-13-9-11(17-12-5-6-16-10-12)3-4-14(13)18-7-1-2-8-18/h3-4,9,12,16-17H,1-2,5-8,10H2. The van der Waals surface area contributed by atoms with Crippen molar-refractivity contribution in [2.75, 3.05) is 36.4 Å². The third-order valence-corrected chi connectivity index (χ3v) is 3.83. The molecular formula is C14H20FN3. The van der Waals surface area contributed by atoms with Crippen LogP contribution in [0.5, 0.6) is 0 Å². The van der Waals surface area contributed by atoms with Crippen LogP contribution in [0.1, 0.15) is 19.3 Å². The Bertz CT molecular complexity index is 410. The first-order valence-electron chi connectivity index (χ1n) is 6.85. The lowest BCUT2D eigenvalue weighted by atomic mass is 10.2. The minimum atomic E-state index is -0.104. The molecule has 2 fully saturated rings. The zero-order chi connectivity index (χ0) is 12.4. The van der Waals surface area contributed by atoms with Crippen molar-refractivity contribution < 1.29 is 4.39 Å². The van der Waals surface area contributed by atoms with Gasteiger partial charge in [-0.25, -0.2) is 4.39 Å². The summed E-state index contributed by atoms with van der Waals surface area (Å²) in [5.41, 5.74) is 1.65. The molecule has 0 amide bonds. The summed E-state index contributed by atoms with van der Waals surface area (Å²) in [6.45, 7) is 3.98. The van der Waals surface area contributed by atoms with E-state index in [1.165, 1.54) is 12.8 Å². The normalized spacial score (nSPS) is 23.6. The van der Waals surface area contributed by atoms with Crippen molar-refractivity contribution in [2.24, 2.45) is 0 Å². The summed E-state index contributed by atoms with van der Waals surface area (Å²) in [7, 11) is 0. The fraction of sp³-hybridized carbons (Fsp3) is 0.571. The summed E-state index contributed by atoms with van der Waals surface area (Å²) in [5, 5.41) is 6.68. The molecule has 1 atom stereocenters. The van der Waals surface area contributed by atoms with Gasteiger partial charge in [-0.15, -0.1) is 0 Å². The van der Waals surface area contributed by atoms with Gasteiger partial charge in [-0.3, -0.25) is 0 Å². The molecule has 1 unspecified atom stereocenters. The molecule has 1 aromatic carbocycles. The lowest BCUT2D eigenvalue weighted by molar-refractivity contribution is 0.623. The number of anilines is 2. The molecule has 2 saturated heterocycles. The molecule has 2 N–H and O–H groups in total. The van der Waals surface area contributed by atoms with E-state index in [-0.39, 0.29) is 5.82 Å². The average molecular weight is 249 g/mol. The minimum Gasteiger partial charge on any atom is -0.381 e. The Labute approximate surface area is 107 Å². The maximum atomic E-state index is 14.1. The van der Waals surface area contributed by atoms with Gasteiger partial charge in [0.1, 0.15) is 5.82 Å². The SMILES string of the molecule is Fc1cc(NC2CCNC2)ccc1N1CCCC1. The molecule has 2 heterocycles. The van der Waals surface area contributed by atoms with Crippen LogP contribution < -0.4 is 15.5 Å². The molecule has 2 aliphatic heterocycles. The van der Waals surface area contributed by atoms with E-state index in [4.69, 9.17) is 0 Å². The largest absolute Gasteiger partial charge is 0.381 e. The Morgan fingerprint density at radius 1 is 1.28 bits per heavy atom. The maximum Gasteiger partial charge on any atom is 0.148 e. The zero-order valence-corrected chi connectivity index (χ0v) is 10.6. The predicted molar refractivity (Wildman–Crippen MR) is 72.7 cm³/mol. The molecule has 0 radical (unpaired) electrons. The molecule has 98 valence electrons. The Hall–Kier alpha value is -1.29. The molecule has 0 bridgehead atoms. The van der Waals surface area contributed by atoms with E-state index in [2.05, 4.69) is 15.5 Å². The van der Waals surface area contributed by atoms with Crippen LogP contribution in [0.25, 0.3) is 0 Å². The topological polar surface area (TPSA) is 27.3 Å². The smallest absolute Gasteiger partial charge is 0.148 e. The summed E-state index contributed by atoms with van der Waals surface area (Å²) in [6, 6.07) is 5.97. The molecule has 0 aliphatic carbocycles. The van der Waals surface area contributed by atoms with Crippen molar-refractivity contribution in [3.05, 3.63) is 24.0 Å². The van der Waals surface area contributed by atoms with Crippen LogP contribution in [0.2, 0.25) is 0 Å². The summed E-state index contributed by atoms with van der Waals surface area (Å²) >= 11 is 0. The van der Waals surface area contributed by atoms with E-state index in [0.717, 1.165) is 44.0 Å². The summed E-state index contributed by atoms with van der Waals surface area (Å²) in [5.74, 6) is -0.104. The third-order valence-electron chi connectivity index (χ3n) is 3.83. The van der Waals surface area contributed by atoms with Crippen molar-refractivity contribution in [3.8, 4) is 0 Å². The van der Waals surface area contributed by atoms with Gasteiger partial charge in [-0.05, 0) is 44.0 Å². The van der Waals surface area contributed by atoms with Crippen LogP contribution in [0, 0.1) is 5.82 Å². The van der Waals surface area contributed by atoms with Crippen molar-refractivity contribution in [1.29, 1.82) is 0 Å². The Morgan fingerprint density at radius 3 is 2.78 bits per heavy atom. The first-order valence-corrected chi connectivity index (χ1v) is 6.85. The van der Waals surface area contributed by atoms with E-state index in [1.54, 1.807) is 6.07 Å². The van der Waals surface area contributed by atoms with Gasteiger partial charge in [0.05, 0.1) is 5.69 Å². The molecule has 0 spiro atoms. The highest BCUT2D eigenvalue weighted by molar-refractivity contribution is 5.57. The predicted octanol–water partition coefficient (Wildman–Crippen LogP) is 2.20. The van der Waals surface area contributed by atoms with Crippen molar-refractivity contribution >= 4 is 11.4 Å². The number of nitrogens with zero attached hydrogens (tertiary/aromatic N) is 1. The first kappa shape index (κ1) is 11.8. The Kier molecular flexibility index (Phi) is 3.37. The van der Waals surface area contributed by atoms with Gasteiger partial charge in [-0.2, -0.15) is 0 Å². The van der Waals surface area contributed by atoms with Gasteiger partial charge in [0.15, 0.2) is 0 Å². The number of hydrogen-bond acceptors (Lipinski definition) is 3. The second-order valence-electron chi connectivity index (χ2n) is 5.19. The molecule has 1 aromatic rings. The van der Waals surface area contributed by atoms with Gasteiger partial charge in [0, 0.05) is 31.4 Å². The van der Waals surface area contributed by atoms with E-state index < -0.39 is 0 Å². The average Bonchev–Trinajstić information content (AvgIpc) is 3.01. The number of hydrogen-bond donors (Lipinski definition) is 2. The molecule has 18 heavy (non-hydrogen) atoms. The Morgan fingerprint density at radius 2 is 2.11 bits per heavy atom. The fourth-order valence-electron chi connectivity index (χ4n) is 2.82. The van der Waals surface area contributed by atoms with Gasteiger partial charge in [0.2, 0.25) is 0 Å². The molecule has 0 saturated carbocycles. The minimum absolute atomic E-state index is 0.104. The Balaban J connectivity index is 1.71. The van der Waals surface area contributed by atoms with Gasteiger partial charge < -0.3 is 15.5 Å². The van der Waals surface area contributed by atoms with Gasteiger partial charge >= 0.3 is 0 Å². The van der Waals surface area contributed by atoms with Crippen LogP contribution in [0.3, 0.4) is 0 Å². The van der Waals surface area contributed by atoms with Crippen molar-refractivity contribution in [1.82, 2.24) is 5.32 Å². The second-order valence-corrected chi connectivity index (χ2v) is 5.19. The molecule has 3 nitrogen and oxygen atoms in total. The van der Waals surface area contributed by atoms with Crippen LogP contribution in [0.15, 0.2) is 18.2 Å². The lowest BCUT2D eigenvalue weighted by Crippen LogP contribution is -2.22. The first-order chi connectivity index (χ1) is 8.83. The highest BCUT2D eigenvalue weighted by Crippen LogP contribution is 2.26. The zero-order valence-electron chi connectivity index (χ0n) is 10.6. The molecule has 2 aliphatic rings. The number of nitrogens with one attached hydrogen (secondary N) is 2. The van der Waals surface area contributed by atoms with E-state index >= 15 is 0 Å². The summed E-state index contributed by atoms with van der Waals surface area (Å²) in [6.07, 6.45) is 3.45. The summed E-state index contributed by atoms with van der Waals surface area (Å²) < 4.78 is 14.1. The van der Waals surface area contributed by atoms with Crippen LogP contribution >= 0.6 is 0 Å². The van der Waals surface area contributed by atoms with E-state index in [0.29, 0.717) is 6.04 Å². The fourth-order valence-corrected chi connectivity index (χ4v) is 2.82. The third kappa shape index (κ3) is 2.43. The number of halogens is 1. The number of rotatable bonds is 3. The lowest BCUT2D eigenvalue weighted by Gasteiger charge is -2.20. The van der Waals surface area contributed by atoms with Crippen LogP contribution in [-0.4, -0.2) is 32.2 Å². The maximum absolute atomic E-state index is 14.1. The van der Waals surface area contributed by atoms with E-state index in [9.17, 15) is 4.39 Å². The molecule has 4 heteroatoms. The van der Waals surface area contributed by atoms with Gasteiger partial charge in [0.25, 0.3) is 0 Å². The highest BCUT2D eigenvalue weighted by Gasteiger charge is 2.18. The quantitative estimate of drug-likeness (QED) is 0.860.